The first-order valence-corrected chi connectivity index (χ1v) is 8.96. The quantitative estimate of drug-likeness (QED) is 0.600. The number of nitrogens with zero attached hydrogens (tertiary/aromatic N) is 2. The fourth-order valence-electron chi connectivity index (χ4n) is 2.52. The van der Waals surface area contributed by atoms with Crippen molar-refractivity contribution in [3.05, 3.63) is 77.1 Å². The molecular formula is C21H23ClN4. The Morgan fingerprint density at radius 2 is 1.54 bits per heavy atom. The summed E-state index contributed by atoms with van der Waals surface area (Å²) in [4.78, 5) is 8.56. The Hall–Kier alpha value is -2.59. The van der Waals surface area contributed by atoms with Gasteiger partial charge in [-0.05, 0) is 40.8 Å². The Morgan fingerprint density at radius 1 is 0.885 bits per heavy atom. The van der Waals surface area contributed by atoms with Crippen molar-refractivity contribution >= 4 is 28.9 Å². The molecule has 134 valence electrons. The highest BCUT2D eigenvalue weighted by Crippen LogP contribution is 2.24. The van der Waals surface area contributed by atoms with Crippen molar-refractivity contribution in [2.24, 2.45) is 0 Å². The number of anilines is 3. The molecule has 0 spiro atoms. The van der Waals surface area contributed by atoms with Crippen molar-refractivity contribution < 1.29 is 0 Å². The standard InChI is InChI=1S/C21H23ClN4/c1-21(2,3)16-6-10-18(11-7-16)26-20-12-19(24-14-25-20)23-13-15-4-8-17(22)9-5-15/h4-12,14H,13H2,1-3H3,(H2,23,24,25,26). The predicted molar refractivity (Wildman–Crippen MR) is 109 cm³/mol. The van der Waals surface area contributed by atoms with E-state index in [-0.39, 0.29) is 5.41 Å². The van der Waals surface area contributed by atoms with Crippen molar-refractivity contribution in [1.82, 2.24) is 9.97 Å². The lowest BCUT2D eigenvalue weighted by Crippen LogP contribution is -2.10. The molecule has 1 heterocycles. The maximum atomic E-state index is 5.91. The minimum absolute atomic E-state index is 0.145. The van der Waals surface area contributed by atoms with Crippen LogP contribution in [0, 0.1) is 0 Å². The van der Waals surface area contributed by atoms with Crippen molar-refractivity contribution in [1.29, 1.82) is 0 Å². The van der Waals surface area contributed by atoms with Crippen LogP contribution in [0.4, 0.5) is 17.3 Å². The summed E-state index contributed by atoms with van der Waals surface area (Å²) >= 11 is 5.91. The number of hydrogen-bond acceptors (Lipinski definition) is 4. The molecule has 0 atom stereocenters. The Bertz CT molecular complexity index is 852. The molecular weight excluding hydrogens is 344 g/mol. The second kappa shape index (κ2) is 7.75. The normalized spacial score (nSPS) is 11.2. The number of hydrogen-bond donors (Lipinski definition) is 2. The molecule has 4 nitrogen and oxygen atoms in total. The molecule has 0 unspecified atom stereocenters. The van der Waals surface area contributed by atoms with Crippen LogP contribution in [0.1, 0.15) is 31.9 Å². The van der Waals surface area contributed by atoms with Crippen LogP contribution in [0.25, 0.3) is 0 Å². The molecule has 0 amide bonds. The Kier molecular flexibility index (Phi) is 5.43. The molecule has 3 rings (SSSR count). The van der Waals surface area contributed by atoms with E-state index in [4.69, 9.17) is 11.6 Å². The van der Waals surface area contributed by atoms with Gasteiger partial charge in [-0.3, -0.25) is 0 Å². The number of aromatic nitrogens is 2. The molecule has 5 heteroatoms. The molecule has 1 aromatic heterocycles. The number of benzene rings is 2. The van der Waals surface area contributed by atoms with Crippen LogP contribution in [-0.4, -0.2) is 9.97 Å². The van der Waals surface area contributed by atoms with Crippen LogP contribution in [0.3, 0.4) is 0 Å². The number of nitrogens with one attached hydrogen (secondary N) is 2. The highest BCUT2D eigenvalue weighted by molar-refractivity contribution is 6.30. The zero-order chi connectivity index (χ0) is 18.6. The number of halogens is 1. The van der Waals surface area contributed by atoms with Crippen molar-refractivity contribution in [3.63, 3.8) is 0 Å². The Balaban J connectivity index is 1.64. The summed E-state index contributed by atoms with van der Waals surface area (Å²) in [7, 11) is 0. The molecule has 0 bridgehead atoms. The van der Waals surface area contributed by atoms with Gasteiger partial charge in [-0.25, -0.2) is 9.97 Å². The molecule has 26 heavy (non-hydrogen) atoms. The zero-order valence-electron chi connectivity index (χ0n) is 15.3. The van der Waals surface area contributed by atoms with E-state index in [1.165, 1.54) is 5.56 Å². The second-order valence-corrected chi connectivity index (χ2v) is 7.66. The smallest absolute Gasteiger partial charge is 0.135 e. The lowest BCUT2D eigenvalue weighted by molar-refractivity contribution is 0.590. The molecule has 0 fully saturated rings. The van der Waals surface area contributed by atoms with E-state index in [1.807, 2.05) is 30.3 Å². The molecule has 2 N–H and O–H groups in total. The monoisotopic (exact) mass is 366 g/mol. The van der Waals surface area contributed by atoms with Gasteiger partial charge in [0, 0.05) is 23.3 Å². The van der Waals surface area contributed by atoms with Gasteiger partial charge in [0.1, 0.15) is 18.0 Å². The molecule has 0 saturated carbocycles. The van der Waals surface area contributed by atoms with Gasteiger partial charge >= 0.3 is 0 Å². The summed E-state index contributed by atoms with van der Waals surface area (Å²) in [5, 5.41) is 7.36. The molecule has 0 aliphatic rings. The van der Waals surface area contributed by atoms with Gasteiger partial charge in [0.05, 0.1) is 0 Å². The predicted octanol–water partition coefficient (Wildman–Crippen LogP) is 5.78. The van der Waals surface area contributed by atoms with E-state index in [0.29, 0.717) is 6.54 Å². The third-order valence-electron chi connectivity index (χ3n) is 4.08. The molecule has 0 radical (unpaired) electrons. The van der Waals surface area contributed by atoms with Crippen LogP contribution >= 0.6 is 11.6 Å². The molecule has 0 aliphatic carbocycles. The Labute approximate surface area is 159 Å². The number of rotatable bonds is 5. The first-order chi connectivity index (χ1) is 12.4. The van der Waals surface area contributed by atoms with Gasteiger partial charge < -0.3 is 10.6 Å². The third-order valence-corrected chi connectivity index (χ3v) is 4.33. The average molecular weight is 367 g/mol. The van der Waals surface area contributed by atoms with Crippen LogP contribution in [-0.2, 0) is 12.0 Å². The first-order valence-electron chi connectivity index (χ1n) is 8.58. The maximum absolute atomic E-state index is 5.91. The molecule has 0 aliphatic heterocycles. The largest absolute Gasteiger partial charge is 0.366 e. The van der Waals surface area contributed by atoms with Gasteiger partial charge in [-0.15, -0.1) is 0 Å². The minimum Gasteiger partial charge on any atom is -0.366 e. The zero-order valence-corrected chi connectivity index (χ0v) is 16.0. The summed E-state index contributed by atoms with van der Waals surface area (Å²) in [6.07, 6.45) is 1.55. The maximum Gasteiger partial charge on any atom is 0.135 e. The lowest BCUT2D eigenvalue weighted by Gasteiger charge is -2.19. The lowest BCUT2D eigenvalue weighted by atomic mass is 9.87. The SMILES string of the molecule is CC(C)(C)c1ccc(Nc2cc(NCc3ccc(Cl)cc3)ncn2)cc1. The van der Waals surface area contributed by atoms with Crippen LogP contribution in [0.5, 0.6) is 0 Å². The fraction of sp³-hybridized carbons (Fsp3) is 0.238. The summed E-state index contributed by atoms with van der Waals surface area (Å²) in [5.74, 6) is 1.52. The summed E-state index contributed by atoms with van der Waals surface area (Å²) in [6, 6.07) is 18.1. The van der Waals surface area contributed by atoms with Crippen molar-refractivity contribution in [3.8, 4) is 0 Å². The minimum atomic E-state index is 0.145. The van der Waals surface area contributed by atoms with Crippen LogP contribution in [0.2, 0.25) is 5.02 Å². The van der Waals surface area contributed by atoms with E-state index in [0.717, 1.165) is 27.9 Å². The average Bonchev–Trinajstić information content (AvgIpc) is 2.61. The van der Waals surface area contributed by atoms with E-state index < -0.39 is 0 Å². The second-order valence-electron chi connectivity index (χ2n) is 7.22. The first kappa shape index (κ1) is 18.2. The summed E-state index contributed by atoms with van der Waals surface area (Å²) in [6.45, 7) is 7.30. The fourth-order valence-corrected chi connectivity index (χ4v) is 2.64. The van der Waals surface area contributed by atoms with Gasteiger partial charge in [0.25, 0.3) is 0 Å². The van der Waals surface area contributed by atoms with Gasteiger partial charge in [-0.1, -0.05) is 56.6 Å². The van der Waals surface area contributed by atoms with E-state index in [1.54, 1.807) is 6.33 Å². The van der Waals surface area contributed by atoms with Gasteiger partial charge in [-0.2, -0.15) is 0 Å². The van der Waals surface area contributed by atoms with Gasteiger partial charge in [0.2, 0.25) is 0 Å². The van der Waals surface area contributed by atoms with E-state index >= 15 is 0 Å². The molecule has 3 aromatic rings. The van der Waals surface area contributed by atoms with Crippen molar-refractivity contribution in [2.75, 3.05) is 10.6 Å². The highest BCUT2D eigenvalue weighted by atomic mass is 35.5. The molecule has 2 aromatic carbocycles. The summed E-state index contributed by atoms with van der Waals surface area (Å²) in [5.41, 5.74) is 3.59. The van der Waals surface area contributed by atoms with E-state index in [9.17, 15) is 0 Å². The topological polar surface area (TPSA) is 49.8 Å². The highest BCUT2D eigenvalue weighted by Gasteiger charge is 2.12. The third kappa shape index (κ3) is 4.96. The van der Waals surface area contributed by atoms with E-state index in [2.05, 4.69) is 65.6 Å². The van der Waals surface area contributed by atoms with Crippen LogP contribution in [0.15, 0.2) is 60.9 Å². The van der Waals surface area contributed by atoms with Crippen molar-refractivity contribution in [2.45, 2.75) is 32.7 Å². The van der Waals surface area contributed by atoms with Crippen LogP contribution < -0.4 is 10.6 Å². The summed E-state index contributed by atoms with van der Waals surface area (Å²) < 4.78 is 0. The van der Waals surface area contributed by atoms with Gasteiger partial charge in [0.15, 0.2) is 0 Å². The molecule has 0 saturated heterocycles. The Morgan fingerprint density at radius 3 is 2.19 bits per heavy atom.